The van der Waals surface area contributed by atoms with E-state index in [0.717, 1.165) is 22.3 Å². The van der Waals surface area contributed by atoms with Crippen molar-refractivity contribution in [3.05, 3.63) is 119 Å². The number of pyridine rings is 1. The number of hydrogen-bond acceptors (Lipinski definition) is 5. The molecule has 0 saturated heterocycles. The van der Waals surface area contributed by atoms with Gasteiger partial charge in [0.25, 0.3) is 5.91 Å². The predicted octanol–water partition coefficient (Wildman–Crippen LogP) is 5.84. The Bertz CT molecular complexity index is 1480. The molecule has 1 N–H and O–H groups in total. The molecule has 0 radical (unpaired) electrons. The number of aromatic nitrogens is 1. The van der Waals surface area contributed by atoms with Crippen molar-refractivity contribution in [2.75, 3.05) is 6.54 Å². The molecule has 0 fully saturated rings. The third-order valence-corrected chi connectivity index (χ3v) is 6.86. The Morgan fingerprint density at radius 3 is 2.77 bits per heavy atom. The topological polar surface area (TPSA) is 84.7 Å². The highest BCUT2D eigenvalue weighted by atomic mass is 19.1. The molecule has 5 rings (SSSR count). The standard InChI is InChI=1S/C32H32FN3O4/c1-21(2)15-30(37)36-14-12-23-8-9-26(17-28(23)31(36)24-6-3-7-25(33)16-24)39-20-27-10-11-29(40-27)32(38)35-19-22-5-4-13-34-18-22/h3-11,13,16-18,21,31H,12,14-15,19-20H2,1-2H3,(H,35,38). The van der Waals surface area contributed by atoms with Gasteiger partial charge in [-0.3, -0.25) is 14.6 Å². The molecular formula is C32H32FN3O4. The molecule has 0 spiro atoms. The molecular weight excluding hydrogens is 509 g/mol. The molecule has 7 nitrogen and oxygen atoms in total. The average molecular weight is 542 g/mol. The van der Waals surface area contributed by atoms with Gasteiger partial charge >= 0.3 is 0 Å². The number of nitrogens with one attached hydrogen (secondary N) is 1. The highest BCUT2D eigenvalue weighted by Crippen LogP contribution is 2.38. The maximum atomic E-state index is 14.2. The fourth-order valence-electron chi connectivity index (χ4n) is 4.96. The lowest BCUT2D eigenvalue weighted by Gasteiger charge is -2.38. The highest BCUT2D eigenvalue weighted by Gasteiger charge is 2.32. The second-order valence-corrected chi connectivity index (χ2v) is 10.4. The zero-order valence-corrected chi connectivity index (χ0v) is 22.6. The Morgan fingerprint density at radius 1 is 1.12 bits per heavy atom. The summed E-state index contributed by atoms with van der Waals surface area (Å²) < 4.78 is 26.0. The first-order chi connectivity index (χ1) is 19.4. The van der Waals surface area contributed by atoms with Gasteiger partial charge in [0.05, 0.1) is 6.04 Å². The Kier molecular flexibility index (Phi) is 8.24. The van der Waals surface area contributed by atoms with Gasteiger partial charge in [0.2, 0.25) is 5.91 Å². The van der Waals surface area contributed by atoms with Gasteiger partial charge in [-0.2, -0.15) is 0 Å². The van der Waals surface area contributed by atoms with E-state index in [0.29, 0.717) is 37.4 Å². The summed E-state index contributed by atoms with van der Waals surface area (Å²) in [6.45, 7) is 5.07. The van der Waals surface area contributed by atoms with Crippen molar-refractivity contribution in [3.8, 4) is 5.75 Å². The van der Waals surface area contributed by atoms with Crippen LogP contribution in [-0.2, 0) is 24.4 Å². The molecule has 0 aliphatic carbocycles. The summed E-state index contributed by atoms with van der Waals surface area (Å²) >= 11 is 0. The Balaban J connectivity index is 1.31. The molecule has 3 heterocycles. The van der Waals surface area contributed by atoms with E-state index in [-0.39, 0.29) is 35.9 Å². The number of fused-ring (bicyclic) bond motifs is 1. The number of halogens is 1. The minimum atomic E-state index is -0.409. The zero-order chi connectivity index (χ0) is 28.1. The monoisotopic (exact) mass is 541 g/mol. The Hall–Kier alpha value is -4.46. The van der Waals surface area contributed by atoms with Gasteiger partial charge < -0.3 is 19.4 Å². The number of ether oxygens (including phenoxy) is 1. The third-order valence-electron chi connectivity index (χ3n) is 6.86. The van der Waals surface area contributed by atoms with Crippen molar-refractivity contribution < 1.29 is 23.1 Å². The number of hydrogen-bond donors (Lipinski definition) is 1. The van der Waals surface area contributed by atoms with E-state index in [2.05, 4.69) is 10.3 Å². The number of rotatable bonds is 9. The number of carbonyl (C=O) groups excluding carboxylic acids is 2. The molecule has 1 unspecified atom stereocenters. The lowest BCUT2D eigenvalue weighted by Crippen LogP contribution is -2.41. The van der Waals surface area contributed by atoms with E-state index in [4.69, 9.17) is 9.15 Å². The van der Waals surface area contributed by atoms with Crippen molar-refractivity contribution in [1.29, 1.82) is 0 Å². The van der Waals surface area contributed by atoms with Crippen LogP contribution in [0, 0.1) is 11.7 Å². The van der Waals surface area contributed by atoms with E-state index in [1.54, 1.807) is 30.6 Å². The van der Waals surface area contributed by atoms with Gasteiger partial charge in [0, 0.05) is 31.9 Å². The Morgan fingerprint density at radius 2 is 2.00 bits per heavy atom. The average Bonchev–Trinajstić information content (AvgIpc) is 3.43. The van der Waals surface area contributed by atoms with Gasteiger partial charge in [0.15, 0.2) is 5.76 Å². The second kappa shape index (κ2) is 12.2. The summed E-state index contributed by atoms with van der Waals surface area (Å²) in [5.74, 6) is 0.883. The molecule has 1 atom stereocenters. The highest BCUT2D eigenvalue weighted by molar-refractivity contribution is 5.91. The van der Waals surface area contributed by atoms with Crippen LogP contribution < -0.4 is 10.1 Å². The number of amides is 2. The number of nitrogens with zero attached hydrogens (tertiary/aromatic N) is 2. The van der Waals surface area contributed by atoms with Crippen LogP contribution in [0.2, 0.25) is 0 Å². The smallest absolute Gasteiger partial charge is 0.287 e. The van der Waals surface area contributed by atoms with Gasteiger partial charge in [-0.1, -0.05) is 38.1 Å². The largest absolute Gasteiger partial charge is 0.486 e. The molecule has 8 heteroatoms. The van der Waals surface area contributed by atoms with Crippen molar-refractivity contribution in [2.45, 2.75) is 45.9 Å². The van der Waals surface area contributed by atoms with Crippen LogP contribution in [-0.4, -0.2) is 28.2 Å². The molecule has 2 aromatic heterocycles. The van der Waals surface area contributed by atoms with Crippen molar-refractivity contribution >= 4 is 11.8 Å². The zero-order valence-electron chi connectivity index (χ0n) is 22.6. The quantitative estimate of drug-likeness (QED) is 0.288. The van der Waals surface area contributed by atoms with E-state index in [1.165, 1.54) is 12.1 Å². The maximum Gasteiger partial charge on any atom is 0.287 e. The SMILES string of the molecule is CC(C)CC(=O)N1CCc2ccc(OCc3ccc(C(=O)NCc4cccnc4)o3)cc2C1c1cccc(F)c1. The van der Waals surface area contributed by atoms with E-state index in [9.17, 15) is 14.0 Å². The van der Waals surface area contributed by atoms with E-state index < -0.39 is 6.04 Å². The molecule has 1 aliphatic heterocycles. The van der Waals surface area contributed by atoms with Crippen molar-refractivity contribution in [3.63, 3.8) is 0 Å². The summed E-state index contributed by atoms with van der Waals surface area (Å²) in [7, 11) is 0. The van der Waals surface area contributed by atoms with E-state index >= 15 is 0 Å². The molecule has 0 saturated carbocycles. The first-order valence-corrected chi connectivity index (χ1v) is 13.4. The summed E-state index contributed by atoms with van der Waals surface area (Å²) in [6, 6.07) is 18.8. The molecule has 206 valence electrons. The number of carbonyl (C=O) groups is 2. The first-order valence-electron chi connectivity index (χ1n) is 13.4. The number of furan rings is 1. The normalized spacial score (nSPS) is 14.6. The fraction of sp³-hybridized carbons (Fsp3) is 0.281. The van der Waals surface area contributed by atoms with Gasteiger partial charge in [-0.15, -0.1) is 0 Å². The first kappa shape index (κ1) is 27.1. The fourth-order valence-corrected chi connectivity index (χ4v) is 4.96. The maximum absolute atomic E-state index is 14.2. The molecule has 1 aliphatic rings. The van der Waals surface area contributed by atoms with Crippen molar-refractivity contribution in [2.24, 2.45) is 5.92 Å². The Labute approximate surface area is 233 Å². The van der Waals surface area contributed by atoms with Crippen LogP contribution in [0.5, 0.6) is 5.75 Å². The predicted molar refractivity (Wildman–Crippen MR) is 148 cm³/mol. The molecule has 40 heavy (non-hydrogen) atoms. The van der Waals surface area contributed by atoms with Crippen LogP contribution in [0.1, 0.15) is 64.9 Å². The molecule has 2 aromatic carbocycles. The minimum Gasteiger partial charge on any atom is -0.486 e. The van der Waals surface area contributed by atoms with Crippen LogP contribution in [0.4, 0.5) is 4.39 Å². The summed E-state index contributed by atoms with van der Waals surface area (Å²) in [5.41, 5.74) is 3.63. The van der Waals surface area contributed by atoms with Crippen LogP contribution in [0.25, 0.3) is 0 Å². The van der Waals surface area contributed by atoms with Gasteiger partial charge in [-0.25, -0.2) is 4.39 Å². The summed E-state index contributed by atoms with van der Waals surface area (Å²) in [5, 5.41) is 2.81. The van der Waals surface area contributed by atoms with Crippen molar-refractivity contribution in [1.82, 2.24) is 15.2 Å². The van der Waals surface area contributed by atoms with E-state index in [1.807, 2.05) is 55.1 Å². The molecule has 0 bridgehead atoms. The van der Waals surface area contributed by atoms with Crippen LogP contribution in [0.15, 0.2) is 83.5 Å². The van der Waals surface area contributed by atoms with Crippen LogP contribution >= 0.6 is 0 Å². The van der Waals surface area contributed by atoms with Gasteiger partial charge in [0.1, 0.15) is 23.9 Å². The number of benzene rings is 2. The summed E-state index contributed by atoms with van der Waals surface area (Å²) in [6.07, 6.45) is 4.50. The molecule has 4 aromatic rings. The van der Waals surface area contributed by atoms with Gasteiger partial charge in [-0.05, 0) is 77.1 Å². The lowest BCUT2D eigenvalue weighted by molar-refractivity contribution is -0.134. The minimum absolute atomic E-state index is 0.0474. The second-order valence-electron chi connectivity index (χ2n) is 10.4. The third kappa shape index (κ3) is 6.39. The molecule has 2 amide bonds. The summed E-state index contributed by atoms with van der Waals surface area (Å²) in [4.78, 5) is 31.6. The lowest BCUT2D eigenvalue weighted by atomic mass is 9.87. The van der Waals surface area contributed by atoms with Crippen LogP contribution in [0.3, 0.4) is 0 Å².